The van der Waals surface area contributed by atoms with Crippen LogP contribution in [0.15, 0.2) is 36.8 Å². The van der Waals surface area contributed by atoms with Crippen molar-refractivity contribution in [2.75, 3.05) is 5.32 Å². The molecule has 0 spiro atoms. The number of imidazole rings is 1. The van der Waals surface area contributed by atoms with Crippen LogP contribution >= 0.6 is 0 Å². The van der Waals surface area contributed by atoms with Gasteiger partial charge in [-0.25, -0.2) is 4.98 Å². The summed E-state index contributed by atoms with van der Waals surface area (Å²) in [7, 11) is 0. The number of nitrogens with zero attached hydrogens (tertiary/aromatic N) is 2. The van der Waals surface area contributed by atoms with Gasteiger partial charge in [-0.1, -0.05) is 51.3 Å². The zero-order valence-electron chi connectivity index (χ0n) is 17.0. The molecule has 28 heavy (non-hydrogen) atoms. The first-order valence-electron chi connectivity index (χ1n) is 10.5. The molecule has 1 amide bonds. The molecule has 1 fully saturated rings. The molecule has 152 valence electrons. The topological polar surface area (TPSA) is 85.0 Å². The molecule has 6 heteroatoms. The fraction of sp³-hybridized carbons (Fsp3) is 0.545. The molecule has 0 bridgehead atoms. The molecule has 0 aliphatic heterocycles. The first-order chi connectivity index (χ1) is 13.6. The Morgan fingerprint density at radius 1 is 1.32 bits per heavy atom. The van der Waals surface area contributed by atoms with E-state index in [1.165, 1.54) is 31.2 Å². The van der Waals surface area contributed by atoms with Gasteiger partial charge in [-0.2, -0.15) is 0 Å². The zero-order chi connectivity index (χ0) is 19.9. The summed E-state index contributed by atoms with van der Waals surface area (Å²) in [6.45, 7) is 5.18. The minimum atomic E-state index is -0.496. The van der Waals surface area contributed by atoms with Crippen LogP contribution in [0.5, 0.6) is 0 Å². The van der Waals surface area contributed by atoms with Gasteiger partial charge in [0.05, 0.1) is 17.9 Å². The molecule has 2 unspecified atom stereocenters. The third kappa shape index (κ3) is 5.20. The number of nitrogens with one attached hydrogen (secondary N) is 2. The highest BCUT2D eigenvalue weighted by Gasteiger charge is 2.21. The molecule has 3 atom stereocenters. The summed E-state index contributed by atoms with van der Waals surface area (Å²) < 4.78 is 1.96. The summed E-state index contributed by atoms with van der Waals surface area (Å²) in [6, 6.07) is 8.40. The van der Waals surface area contributed by atoms with Crippen molar-refractivity contribution < 1.29 is 4.79 Å². The first kappa shape index (κ1) is 20.6. The molecule has 1 aromatic heterocycles. The van der Waals surface area contributed by atoms with Crippen molar-refractivity contribution in [2.24, 2.45) is 11.7 Å². The molecule has 3 rings (SSSR count). The largest absolute Gasteiger partial charge is 0.320 e. The Kier molecular flexibility index (Phi) is 7.23. The van der Waals surface area contributed by atoms with Crippen molar-refractivity contribution in [3.05, 3.63) is 42.4 Å². The highest BCUT2D eigenvalue weighted by molar-refractivity contribution is 5.93. The zero-order valence-corrected chi connectivity index (χ0v) is 17.0. The van der Waals surface area contributed by atoms with Gasteiger partial charge in [-0.3, -0.25) is 4.79 Å². The number of carbonyl (C=O) groups is 1. The second-order valence-electron chi connectivity index (χ2n) is 7.93. The van der Waals surface area contributed by atoms with Crippen LogP contribution in [0, 0.1) is 5.92 Å². The standard InChI is InChI=1S/C22H33N5O/c1-3-8-18(23)22(28)26-21-14-27(15-25-21)20-12-7-5-10-17(20)13-24-19-11-6-4-9-16(19)2/h5,7,10,12,14-16,18-19,24H,3-4,6,8-9,11,13,23H2,1-2H3,(H,26,28)/t16?,18-,19?/m0/s1. The number of aromatic nitrogens is 2. The van der Waals surface area contributed by atoms with E-state index in [-0.39, 0.29) is 5.91 Å². The maximum absolute atomic E-state index is 12.1. The van der Waals surface area contributed by atoms with E-state index in [0.29, 0.717) is 18.3 Å². The van der Waals surface area contributed by atoms with Crippen LogP contribution in [-0.4, -0.2) is 27.5 Å². The van der Waals surface area contributed by atoms with E-state index in [9.17, 15) is 4.79 Å². The van der Waals surface area contributed by atoms with Crippen molar-refractivity contribution >= 4 is 11.7 Å². The smallest absolute Gasteiger partial charge is 0.242 e. The molecule has 1 aliphatic carbocycles. The lowest BCUT2D eigenvalue weighted by Gasteiger charge is -2.30. The van der Waals surface area contributed by atoms with Crippen LogP contribution in [0.2, 0.25) is 0 Å². The van der Waals surface area contributed by atoms with E-state index in [2.05, 4.69) is 40.7 Å². The van der Waals surface area contributed by atoms with E-state index in [1.807, 2.05) is 23.8 Å². The number of rotatable bonds is 8. The van der Waals surface area contributed by atoms with Gasteiger partial charge >= 0.3 is 0 Å². The van der Waals surface area contributed by atoms with Gasteiger partial charge < -0.3 is 20.9 Å². The van der Waals surface area contributed by atoms with Crippen LogP contribution in [0.1, 0.15) is 57.9 Å². The van der Waals surface area contributed by atoms with Crippen molar-refractivity contribution in [1.29, 1.82) is 0 Å². The van der Waals surface area contributed by atoms with Gasteiger partial charge in [0.15, 0.2) is 5.82 Å². The quantitative estimate of drug-likeness (QED) is 0.650. The van der Waals surface area contributed by atoms with E-state index in [1.54, 1.807) is 6.33 Å². The van der Waals surface area contributed by atoms with Gasteiger partial charge in [-0.05, 0) is 36.8 Å². The Morgan fingerprint density at radius 3 is 2.89 bits per heavy atom. The molecule has 1 aliphatic rings. The van der Waals surface area contributed by atoms with Crippen LogP contribution in [0.25, 0.3) is 5.69 Å². The first-order valence-corrected chi connectivity index (χ1v) is 10.5. The maximum Gasteiger partial charge on any atom is 0.242 e. The molecule has 1 aromatic carbocycles. The van der Waals surface area contributed by atoms with Gasteiger partial charge in [0.1, 0.15) is 6.33 Å². The lowest BCUT2D eigenvalue weighted by atomic mass is 9.86. The minimum Gasteiger partial charge on any atom is -0.320 e. The predicted octanol–water partition coefficient (Wildman–Crippen LogP) is 3.61. The van der Waals surface area contributed by atoms with E-state index in [0.717, 1.165) is 24.6 Å². The van der Waals surface area contributed by atoms with Crippen LogP contribution in [0.3, 0.4) is 0 Å². The molecule has 0 radical (unpaired) electrons. The van der Waals surface area contributed by atoms with Crippen LogP contribution < -0.4 is 16.4 Å². The highest BCUT2D eigenvalue weighted by atomic mass is 16.2. The van der Waals surface area contributed by atoms with E-state index >= 15 is 0 Å². The van der Waals surface area contributed by atoms with Crippen LogP contribution in [0.4, 0.5) is 5.82 Å². The number of hydrogen-bond donors (Lipinski definition) is 3. The Balaban J connectivity index is 1.67. The maximum atomic E-state index is 12.1. The summed E-state index contributed by atoms with van der Waals surface area (Å²) >= 11 is 0. The summed E-state index contributed by atoms with van der Waals surface area (Å²) in [6.07, 6.45) is 10.4. The molecule has 4 N–H and O–H groups in total. The fourth-order valence-electron chi connectivity index (χ4n) is 3.95. The van der Waals surface area contributed by atoms with Crippen LogP contribution in [-0.2, 0) is 11.3 Å². The van der Waals surface area contributed by atoms with Gasteiger partial charge in [0.25, 0.3) is 0 Å². The van der Waals surface area contributed by atoms with Crippen molar-refractivity contribution in [3.8, 4) is 5.69 Å². The third-order valence-electron chi connectivity index (χ3n) is 5.71. The van der Waals surface area contributed by atoms with E-state index in [4.69, 9.17) is 5.73 Å². The molecule has 2 aromatic rings. The molecular formula is C22H33N5O. The summed E-state index contributed by atoms with van der Waals surface area (Å²) in [4.78, 5) is 16.5. The highest BCUT2D eigenvalue weighted by Crippen LogP contribution is 2.24. The molecule has 1 saturated carbocycles. The van der Waals surface area contributed by atoms with Crippen molar-refractivity contribution in [3.63, 3.8) is 0 Å². The average molecular weight is 384 g/mol. The Hall–Kier alpha value is -2.18. The number of nitrogens with two attached hydrogens (primary N) is 1. The lowest BCUT2D eigenvalue weighted by Crippen LogP contribution is -2.36. The van der Waals surface area contributed by atoms with Crippen molar-refractivity contribution in [2.45, 2.75) is 71.0 Å². The number of para-hydroxylation sites is 1. The van der Waals surface area contributed by atoms with E-state index < -0.39 is 6.04 Å². The second-order valence-corrected chi connectivity index (χ2v) is 7.93. The third-order valence-corrected chi connectivity index (χ3v) is 5.71. The SMILES string of the molecule is CCC[C@H](N)C(=O)Nc1cn(-c2ccccc2CNC2CCCCC2C)cn1. The Labute approximate surface area is 167 Å². The second kappa shape index (κ2) is 9.85. The summed E-state index contributed by atoms with van der Waals surface area (Å²) in [5, 5.41) is 6.56. The monoisotopic (exact) mass is 383 g/mol. The Morgan fingerprint density at radius 2 is 2.11 bits per heavy atom. The average Bonchev–Trinajstić information content (AvgIpc) is 3.16. The fourth-order valence-corrected chi connectivity index (χ4v) is 3.95. The lowest BCUT2D eigenvalue weighted by molar-refractivity contribution is -0.117. The molecule has 0 saturated heterocycles. The molecular weight excluding hydrogens is 350 g/mol. The van der Waals surface area contributed by atoms with Gasteiger partial charge in [0, 0.05) is 12.6 Å². The minimum absolute atomic E-state index is 0.187. The summed E-state index contributed by atoms with van der Waals surface area (Å²) in [5.74, 6) is 1.07. The number of anilines is 1. The predicted molar refractivity (Wildman–Crippen MR) is 113 cm³/mol. The number of hydrogen-bond acceptors (Lipinski definition) is 4. The summed E-state index contributed by atoms with van der Waals surface area (Å²) in [5.41, 5.74) is 8.18. The van der Waals surface area contributed by atoms with Gasteiger partial charge in [-0.15, -0.1) is 0 Å². The van der Waals surface area contributed by atoms with Gasteiger partial charge in [0.2, 0.25) is 5.91 Å². The molecule has 1 heterocycles. The number of amides is 1. The molecule has 6 nitrogen and oxygen atoms in total. The number of benzene rings is 1. The van der Waals surface area contributed by atoms with Crippen molar-refractivity contribution in [1.82, 2.24) is 14.9 Å². The Bertz CT molecular complexity index is 772. The number of carbonyl (C=O) groups excluding carboxylic acids is 1. The normalized spacial score (nSPS) is 20.7.